The highest BCUT2D eigenvalue weighted by atomic mass is 16.2. The van der Waals surface area contributed by atoms with Gasteiger partial charge in [0, 0.05) is 44.0 Å². The first-order valence-electron chi connectivity index (χ1n) is 8.70. The van der Waals surface area contributed by atoms with Crippen LogP contribution in [0.2, 0.25) is 0 Å². The zero-order valence-corrected chi connectivity index (χ0v) is 14.4. The molecule has 1 atom stereocenters. The molecule has 2 saturated heterocycles. The largest absolute Gasteiger partial charge is 0.312 e. The van der Waals surface area contributed by atoms with E-state index in [9.17, 15) is 4.79 Å². The van der Waals surface area contributed by atoms with Crippen molar-refractivity contribution in [2.75, 3.05) is 31.1 Å². The first-order valence-corrected chi connectivity index (χ1v) is 8.70. The van der Waals surface area contributed by atoms with Crippen molar-refractivity contribution >= 4 is 11.6 Å². The third kappa shape index (κ3) is 2.84. The number of anilines is 1. The first-order chi connectivity index (χ1) is 11.6. The smallest absolute Gasteiger partial charge is 0.227 e. The molecule has 2 aromatic rings. The van der Waals surface area contributed by atoms with Crippen LogP contribution < -0.4 is 4.90 Å². The highest BCUT2D eigenvalue weighted by molar-refractivity contribution is 5.95. The third-order valence-corrected chi connectivity index (χ3v) is 5.12. The molecule has 1 aromatic heterocycles. The van der Waals surface area contributed by atoms with Crippen LogP contribution in [0, 0.1) is 19.8 Å². The molecule has 24 heavy (non-hydrogen) atoms. The van der Waals surface area contributed by atoms with Crippen LogP contribution in [0.25, 0.3) is 0 Å². The molecule has 3 heterocycles. The fourth-order valence-corrected chi connectivity index (χ4v) is 3.99. The van der Waals surface area contributed by atoms with Gasteiger partial charge < -0.3 is 4.90 Å². The molecular weight excluding hydrogens is 300 g/mol. The molecule has 1 amide bonds. The summed E-state index contributed by atoms with van der Waals surface area (Å²) in [5, 5.41) is 4.59. The number of hydrogen-bond donors (Lipinski definition) is 0. The maximum Gasteiger partial charge on any atom is 0.227 e. The Morgan fingerprint density at radius 2 is 1.88 bits per heavy atom. The van der Waals surface area contributed by atoms with E-state index in [-0.39, 0.29) is 5.91 Å². The Labute approximate surface area is 142 Å². The molecule has 2 aliphatic heterocycles. The Morgan fingerprint density at radius 3 is 2.54 bits per heavy atom. The van der Waals surface area contributed by atoms with Crippen LogP contribution in [0.4, 0.5) is 5.69 Å². The molecule has 1 unspecified atom stereocenters. The minimum atomic E-state index is 0.252. The number of aromatic nitrogens is 2. The van der Waals surface area contributed by atoms with E-state index in [1.807, 2.05) is 42.2 Å². The van der Waals surface area contributed by atoms with Crippen molar-refractivity contribution in [3.05, 3.63) is 47.8 Å². The molecule has 2 fully saturated rings. The monoisotopic (exact) mass is 324 g/mol. The molecule has 0 N–H and O–H groups in total. The predicted octanol–water partition coefficient (Wildman–Crippen LogP) is 2.41. The number of carbonyl (C=O) groups excluding carboxylic acids is 1. The van der Waals surface area contributed by atoms with Gasteiger partial charge in [0.05, 0.1) is 11.7 Å². The number of carbonyl (C=O) groups is 1. The first kappa shape index (κ1) is 15.4. The normalized spacial score (nSPS) is 22.2. The standard InChI is InChI=1S/C19H24N4O/c1-14-8-15(2)23(20-14)18-12-21(13-18)10-16-9-19(24)22(11-16)17-6-4-3-5-7-17/h3-8,16,18H,9-13H2,1-2H3. The van der Waals surface area contributed by atoms with Gasteiger partial charge in [-0.1, -0.05) is 18.2 Å². The van der Waals surface area contributed by atoms with Gasteiger partial charge in [0.25, 0.3) is 0 Å². The summed E-state index contributed by atoms with van der Waals surface area (Å²) in [6.07, 6.45) is 0.663. The lowest BCUT2D eigenvalue weighted by Gasteiger charge is -2.41. The number of rotatable bonds is 4. The maximum absolute atomic E-state index is 12.3. The van der Waals surface area contributed by atoms with Gasteiger partial charge in [0.2, 0.25) is 5.91 Å². The number of amides is 1. The van der Waals surface area contributed by atoms with Gasteiger partial charge in [-0.25, -0.2) is 0 Å². The quantitative estimate of drug-likeness (QED) is 0.867. The van der Waals surface area contributed by atoms with Gasteiger partial charge in [0.1, 0.15) is 0 Å². The SMILES string of the molecule is Cc1cc(C)n(C2CN(CC3CC(=O)N(c4ccccc4)C3)C2)n1. The molecule has 5 nitrogen and oxygen atoms in total. The summed E-state index contributed by atoms with van der Waals surface area (Å²) in [6, 6.07) is 12.6. The number of likely N-dealkylation sites (tertiary alicyclic amines) is 1. The molecule has 126 valence electrons. The average Bonchev–Trinajstić information content (AvgIpc) is 3.05. The van der Waals surface area contributed by atoms with E-state index in [0.29, 0.717) is 18.4 Å². The molecular formula is C19H24N4O. The Bertz CT molecular complexity index is 733. The van der Waals surface area contributed by atoms with Crippen molar-refractivity contribution in [3.8, 4) is 0 Å². The summed E-state index contributed by atoms with van der Waals surface area (Å²) in [7, 11) is 0. The molecule has 4 rings (SSSR count). The van der Waals surface area contributed by atoms with Gasteiger partial charge >= 0.3 is 0 Å². The second-order valence-electron chi connectivity index (χ2n) is 7.15. The summed E-state index contributed by atoms with van der Waals surface area (Å²) >= 11 is 0. The lowest BCUT2D eigenvalue weighted by atomic mass is 10.0. The minimum absolute atomic E-state index is 0.252. The van der Waals surface area contributed by atoms with Crippen LogP contribution in [0.3, 0.4) is 0 Å². The fourth-order valence-electron chi connectivity index (χ4n) is 3.99. The van der Waals surface area contributed by atoms with E-state index in [1.165, 1.54) is 5.69 Å². The Hall–Kier alpha value is -2.14. The van der Waals surface area contributed by atoms with Gasteiger partial charge in [-0.05, 0) is 38.0 Å². The second-order valence-corrected chi connectivity index (χ2v) is 7.15. The van der Waals surface area contributed by atoms with E-state index in [1.54, 1.807) is 0 Å². The van der Waals surface area contributed by atoms with Gasteiger partial charge in [-0.3, -0.25) is 14.4 Å². The van der Waals surface area contributed by atoms with Crippen LogP contribution in [0.5, 0.6) is 0 Å². The highest BCUT2D eigenvalue weighted by Crippen LogP contribution is 2.29. The van der Waals surface area contributed by atoms with Crippen molar-refractivity contribution in [1.29, 1.82) is 0 Å². The van der Waals surface area contributed by atoms with Gasteiger partial charge in [-0.2, -0.15) is 5.10 Å². The topological polar surface area (TPSA) is 41.4 Å². The molecule has 0 bridgehead atoms. The lowest BCUT2D eigenvalue weighted by Crippen LogP contribution is -2.50. The van der Waals surface area contributed by atoms with Crippen LogP contribution in [-0.4, -0.2) is 46.8 Å². The van der Waals surface area contributed by atoms with Crippen LogP contribution >= 0.6 is 0 Å². The Balaban J connectivity index is 1.32. The predicted molar refractivity (Wildman–Crippen MR) is 94.1 cm³/mol. The number of para-hydroxylation sites is 1. The van der Waals surface area contributed by atoms with E-state index in [0.717, 1.165) is 37.6 Å². The number of benzene rings is 1. The second kappa shape index (κ2) is 6.06. The molecule has 0 spiro atoms. The fraction of sp³-hybridized carbons (Fsp3) is 0.474. The summed E-state index contributed by atoms with van der Waals surface area (Å²) < 4.78 is 2.15. The summed E-state index contributed by atoms with van der Waals surface area (Å²) in [5.41, 5.74) is 3.35. The highest BCUT2D eigenvalue weighted by Gasteiger charge is 2.36. The van der Waals surface area contributed by atoms with Crippen molar-refractivity contribution in [2.45, 2.75) is 26.3 Å². The minimum Gasteiger partial charge on any atom is -0.312 e. The van der Waals surface area contributed by atoms with Gasteiger partial charge in [-0.15, -0.1) is 0 Å². The molecule has 0 aliphatic carbocycles. The Kier molecular flexibility index (Phi) is 3.88. The number of nitrogens with zero attached hydrogens (tertiary/aromatic N) is 4. The van der Waals surface area contributed by atoms with Crippen molar-refractivity contribution < 1.29 is 4.79 Å². The molecule has 5 heteroatoms. The molecule has 2 aliphatic rings. The zero-order valence-electron chi connectivity index (χ0n) is 14.4. The van der Waals surface area contributed by atoms with E-state index in [4.69, 9.17) is 0 Å². The van der Waals surface area contributed by atoms with Crippen molar-refractivity contribution in [3.63, 3.8) is 0 Å². The summed E-state index contributed by atoms with van der Waals surface area (Å²) in [5.74, 6) is 0.681. The summed E-state index contributed by atoms with van der Waals surface area (Å²) in [4.78, 5) is 16.7. The third-order valence-electron chi connectivity index (χ3n) is 5.12. The molecule has 0 radical (unpaired) electrons. The van der Waals surface area contributed by atoms with E-state index in [2.05, 4.69) is 27.7 Å². The zero-order chi connectivity index (χ0) is 16.7. The average molecular weight is 324 g/mol. The van der Waals surface area contributed by atoms with Crippen molar-refractivity contribution in [2.24, 2.45) is 5.92 Å². The number of aryl methyl sites for hydroxylation is 2. The maximum atomic E-state index is 12.3. The van der Waals surface area contributed by atoms with Gasteiger partial charge in [0.15, 0.2) is 0 Å². The van der Waals surface area contributed by atoms with E-state index >= 15 is 0 Å². The number of hydrogen-bond acceptors (Lipinski definition) is 3. The van der Waals surface area contributed by atoms with Crippen LogP contribution in [-0.2, 0) is 4.79 Å². The molecule has 0 saturated carbocycles. The van der Waals surface area contributed by atoms with Crippen LogP contribution in [0.15, 0.2) is 36.4 Å². The van der Waals surface area contributed by atoms with E-state index < -0.39 is 0 Å². The Morgan fingerprint density at radius 1 is 1.12 bits per heavy atom. The van der Waals surface area contributed by atoms with Crippen LogP contribution in [0.1, 0.15) is 23.9 Å². The lowest BCUT2D eigenvalue weighted by molar-refractivity contribution is -0.117. The van der Waals surface area contributed by atoms with Crippen molar-refractivity contribution in [1.82, 2.24) is 14.7 Å². The molecule has 1 aromatic carbocycles. The summed E-state index contributed by atoms with van der Waals surface area (Å²) in [6.45, 7) is 8.09.